The van der Waals surface area contributed by atoms with Gasteiger partial charge in [0.05, 0.1) is 18.2 Å². The Balaban J connectivity index is 1.95. The van der Waals surface area contributed by atoms with Crippen LogP contribution in [0.15, 0.2) is 40.2 Å². The first kappa shape index (κ1) is 12.2. The molecule has 1 aromatic carbocycles. The molecule has 0 saturated carbocycles. The van der Waals surface area contributed by atoms with Crippen molar-refractivity contribution in [3.05, 3.63) is 50.6 Å². The summed E-state index contributed by atoms with van der Waals surface area (Å²) in [4.78, 5) is 1.31. The Bertz CT molecular complexity index is 531. The van der Waals surface area contributed by atoms with Crippen molar-refractivity contribution in [3.8, 4) is 11.8 Å². The Morgan fingerprint density at radius 1 is 1.35 bits per heavy atom. The number of hydrogen-bond acceptors (Lipinski definition) is 3. The number of nitriles is 1. The van der Waals surface area contributed by atoms with Gasteiger partial charge in [-0.15, -0.1) is 11.3 Å². The monoisotopic (exact) mass is 307 g/mol. The topological polar surface area (TPSA) is 33.0 Å². The van der Waals surface area contributed by atoms with Crippen LogP contribution in [0.5, 0.6) is 5.75 Å². The van der Waals surface area contributed by atoms with Gasteiger partial charge in [-0.2, -0.15) is 5.26 Å². The fourth-order valence-corrected chi connectivity index (χ4v) is 2.60. The summed E-state index contributed by atoms with van der Waals surface area (Å²) in [6.45, 7) is 0.627. The van der Waals surface area contributed by atoms with Gasteiger partial charge in [-0.05, 0) is 29.6 Å². The van der Waals surface area contributed by atoms with Gasteiger partial charge in [0.1, 0.15) is 5.75 Å². The van der Waals surface area contributed by atoms with Crippen LogP contribution >= 0.6 is 27.3 Å². The van der Waals surface area contributed by atoms with Gasteiger partial charge in [-0.25, -0.2) is 0 Å². The first-order chi connectivity index (χ1) is 8.28. The van der Waals surface area contributed by atoms with Gasteiger partial charge in [0.15, 0.2) is 0 Å². The maximum absolute atomic E-state index is 8.84. The average molecular weight is 308 g/mol. The number of rotatable bonds is 4. The van der Waals surface area contributed by atoms with Gasteiger partial charge in [-0.3, -0.25) is 0 Å². The third-order valence-corrected chi connectivity index (χ3v) is 3.59. The van der Waals surface area contributed by atoms with E-state index in [9.17, 15) is 0 Å². The molecule has 0 aliphatic carbocycles. The van der Waals surface area contributed by atoms with Gasteiger partial charge in [-0.1, -0.05) is 22.0 Å². The Morgan fingerprint density at radius 3 is 2.94 bits per heavy atom. The third kappa shape index (κ3) is 3.58. The molecule has 0 atom stereocenters. The Kier molecular flexibility index (Phi) is 4.18. The quantitative estimate of drug-likeness (QED) is 0.855. The summed E-state index contributed by atoms with van der Waals surface area (Å²) < 4.78 is 6.49. The van der Waals surface area contributed by atoms with Crippen molar-refractivity contribution < 1.29 is 4.74 Å². The van der Waals surface area contributed by atoms with Crippen molar-refractivity contribution in [1.82, 2.24) is 0 Å². The van der Waals surface area contributed by atoms with Gasteiger partial charge in [0, 0.05) is 15.8 Å². The van der Waals surface area contributed by atoms with Gasteiger partial charge >= 0.3 is 0 Å². The number of nitrogens with zero attached hydrogens (tertiary/aromatic N) is 1. The van der Waals surface area contributed by atoms with Crippen LogP contribution in [0.25, 0.3) is 0 Å². The molecule has 0 amide bonds. The molecule has 0 spiro atoms. The minimum absolute atomic E-state index is 0.602. The normalized spacial score (nSPS) is 9.88. The summed E-state index contributed by atoms with van der Waals surface area (Å²) in [5.74, 6) is 0.729. The van der Waals surface area contributed by atoms with E-state index < -0.39 is 0 Å². The predicted molar refractivity (Wildman–Crippen MR) is 72.4 cm³/mol. The molecule has 1 aromatic heterocycles. The molecular formula is C13H10BrNOS. The highest BCUT2D eigenvalue weighted by Crippen LogP contribution is 2.21. The average Bonchev–Trinajstić information content (AvgIpc) is 2.81. The van der Waals surface area contributed by atoms with Gasteiger partial charge in [0.25, 0.3) is 0 Å². The van der Waals surface area contributed by atoms with Crippen LogP contribution in [0.4, 0.5) is 0 Å². The molecule has 0 aliphatic rings. The van der Waals surface area contributed by atoms with E-state index in [-0.39, 0.29) is 0 Å². The van der Waals surface area contributed by atoms with E-state index in [0.717, 1.165) is 16.6 Å². The highest BCUT2D eigenvalue weighted by atomic mass is 79.9. The Morgan fingerprint density at radius 2 is 2.24 bits per heavy atom. The highest BCUT2D eigenvalue weighted by Gasteiger charge is 2.00. The van der Waals surface area contributed by atoms with E-state index in [2.05, 4.69) is 33.4 Å². The summed E-state index contributed by atoms with van der Waals surface area (Å²) in [6.07, 6.45) is 0.895. The maximum Gasteiger partial charge on any atom is 0.121 e. The zero-order valence-electron chi connectivity index (χ0n) is 9.02. The lowest BCUT2D eigenvalue weighted by molar-refractivity contribution is 0.322. The Hall–Kier alpha value is -1.31. The molecule has 86 valence electrons. The lowest BCUT2D eigenvalue weighted by Gasteiger charge is -2.06. The predicted octanol–water partition coefficient (Wildman–Crippen LogP) is 4.00. The van der Waals surface area contributed by atoms with E-state index in [4.69, 9.17) is 10.00 Å². The molecule has 0 N–H and O–H groups in total. The summed E-state index contributed by atoms with van der Waals surface area (Å²) in [6, 6.07) is 11.6. The molecular weight excluding hydrogens is 298 g/mol. The summed E-state index contributed by atoms with van der Waals surface area (Å²) in [5, 5.41) is 10.9. The Labute approximate surface area is 113 Å². The zero-order valence-corrected chi connectivity index (χ0v) is 11.4. The van der Waals surface area contributed by atoms with Crippen molar-refractivity contribution in [2.24, 2.45) is 0 Å². The molecule has 2 rings (SSSR count). The number of halogens is 1. The second-order valence-corrected chi connectivity index (χ2v) is 5.41. The van der Waals surface area contributed by atoms with Crippen LogP contribution in [0.1, 0.15) is 10.4 Å². The molecule has 17 heavy (non-hydrogen) atoms. The number of benzene rings is 1. The van der Waals surface area contributed by atoms with Crippen LogP contribution < -0.4 is 4.74 Å². The van der Waals surface area contributed by atoms with Crippen molar-refractivity contribution in [2.75, 3.05) is 6.61 Å². The lowest BCUT2D eigenvalue weighted by atomic mass is 10.2. The lowest BCUT2D eigenvalue weighted by Crippen LogP contribution is -2.00. The molecule has 0 unspecified atom stereocenters. The van der Waals surface area contributed by atoms with E-state index in [0.29, 0.717) is 12.2 Å². The van der Waals surface area contributed by atoms with E-state index >= 15 is 0 Å². The van der Waals surface area contributed by atoms with E-state index in [1.165, 1.54) is 4.88 Å². The number of hydrogen-bond donors (Lipinski definition) is 0. The third-order valence-electron chi connectivity index (χ3n) is 2.20. The largest absolute Gasteiger partial charge is 0.493 e. The number of thiophene rings is 1. The standard InChI is InChI=1S/C13H10BrNOS/c14-11-6-10(9-15)7-12(8-11)16-4-3-13-2-1-5-17-13/h1-2,5-8H,3-4H2. The minimum atomic E-state index is 0.602. The van der Waals surface area contributed by atoms with Crippen LogP contribution in [-0.4, -0.2) is 6.61 Å². The van der Waals surface area contributed by atoms with Crippen LogP contribution in [-0.2, 0) is 6.42 Å². The second-order valence-electron chi connectivity index (χ2n) is 3.47. The smallest absolute Gasteiger partial charge is 0.121 e. The molecule has 0 bridgehead atoms. The SMILES string of the molecule is N#Cc1cc(Br)cc(OCCc2cccs2)c1. The maximum atomic E-state index is 8.84. The molecule has 0 radical (unpaired) electrons. The highest BCUT2D eigenvalue weighted by molar-refractivity contribution is 9.10. The van der Waals surface area contributed by atoms with Crippen LogP contribution in [0.3, 0.4) is 0 Å². The summed E-state index contributed by atoms with van der Waals surface area (Å²) in [7, 11) is 0. The van der Waals surface area contributed by atoms with Crippen molar-refractivity contribution in [2.45, 2.75) is 6.42 Å². The molecule has 2 aromatic rings. The van der Waals surface area contributed by atoms with E-state index in [1.54, 1.807) is 23.5 Å². The minimum Gasteiger partial charge on any atom is -0.493 e. The molecule has 2 nitrogen and oxygen atoms in total. The van der Waals surface area contributed by atoms with E-state index in [1.807, 2.05) is 12.1 Å². The van der Waals surface area contributed by atoms with Crippen LogP contribution in [0.2, 0.25) is 0 Å². The molecule has 1 heterocycles. The second kappa shape index (κ2) is 5.85. The molecule has 0 aliphatic heterocycles. The van der Waals surface area contributed by atoms with Crippen molar-refractivity contribution in [1.29, 1.82) is 5.26 Å². The summed E-state index contributed by atoms with van der Waals surface area (Å²) in [5.41, 5.74) is 0.602. The van der Waals surface area contributed by atoms with Gasteiger partial charge < -0.3 is 4.74 Å². The fourth-order valence-electron chi connectivity index (χ4n) is 1.43. The molecule has 4 heteroatoms. The number of ether oxygens (including phenoxy) is 1. The fraction of sp³-hybridized carbons (Fsp3) is 0.154. The first-order valence-corrected chi connectivity index (χ1v) is 6.81. The van der Waals surface area contributed by atoms with Crippen molar-refractivity contribution in [3.63, 3.8) is 0 Å². The zero-order chi connectivity index (χ0) is 12.1. The van der Waals surface area contributed by atoms with Crippen LogP contribution in [0, 0.1) is 11.3 Å². The van der Waals surface area contributed by atoms with Crippen molar-refractivity contribution >= 4 is 27.3 Å². The summed E-state index contributed by atoms with van der Waals surface area (Å²) >= 11 is 5.08. The molecule has 0 fully saturated rings. The molecule has 0 saturated heterocycles. The first-order valence-electron chi connectivity index (χ1n) is 5.14. The van der Waals surface area contributed by atoms with Gasteiger partial charge in [0.2, 0.25) is 0 Å².